The third kappa shape index (κ3) is 2.89. The first-order chi connectivity index (χ1) is 8.79. The van der Waals surface area contributed by atoms with Crippen molar-refractivity contribution < 1.29 is 9.59 Å². The smallest absolute Gasteiger partial charge is 0.328 e. The number of hydrogen-bond donors (Lipinski definition) is 1. The zero-order valence-corrected chi connectivity index (χ0v) is 12.0. The Morgan fingerprint density at radius 2 is 2.00 bits per heavy atom. The van der Waals surface area contributed by atoms with Crippen molar-refractivity contribution in [1.29, 1.82) is 0 Å². The molecule has 0 aliphatic carbocycles. The van der Waals surface area contributed by atoms with Gasteiger partial charge in [-0.15, -0.1) is 0 Å². The third-order valence-electron chi connectivity index (χ3n) is 3.24. The topological polar surface area (TPSA) is 49.4 Å². The van der Waals surface area contributed by atoms with Gasteiger partial charge in [-0.3, -0.25) is 4.79 Å². The fourth-order valence-corrected chi connectivity index (χ4v) is 2.23. The predicted octanol–water partition coefficient (Wildman–Crippen LogP) is 3.20. The maximum Gasteiger partial charge on any atom is 0.328 e. The molecule has 1 aliphatic heterocycles. The van der Waals surface area contributed by atoms with Gasteiger partial charge >= 0.3 is 6.03 Å². The molecule has 0 radical (unpaired) electrons. The van der Waals surface area contributed by atoms with Gasteiger partial charge in [0.15, 0.2) is 0 Å². The first kappa shape index (κ1) is 13.9. The summed E-state index contributed by atoms with van der Waals surface area (Å²) in [6.45, 7) is 6.00. The quantitative estimate of drug-likeness (QED) is 0.859. The molecule has 5 heteroatoms. The van der Waals surface area contributed by atoms with Gasteiger partial charge in [-0.25, -0.2) is 9.69 Å². The fraction of sp³-hybridized carbons (Fsp3) is 0.429. The second kappa shape index (κ2) is 4.85. The number of imide groups is 1. The van der Waals surface area contributed by atoms with E-state index in [1.165, 1.54) is 0 Å². The average molecular weight is 281 g/mol. The molecule has 1 aromatic rings. The van der Waals surface area contributed by atoms with E-state index in [4.69, 9.17) is 11.6 Å². The van der Waals surface area contributed by atoms with Crippen LogP contribution in [0.15, 0.2) is 24.3 Å². The van der Waals surface area contributed by atoms with E-state index in [0.29, 0.717) is 17.1 Å². The van der Waals surface area contributed by atoms with E-state index in [2.05, 4.69) is 5.32 Å². The Labute approximate surface area is 117 Å². The number of urea groups is 1. The van der Waals surface area contributed by atoms with Crippen molar-refractivity contribution in [2.24, 2.45) is 5.41 Å². The van der Waals surface area contributed by atoms with E-state index in [-0.39, 0.29) is 17.4 Å². The number of carbonyl (C=O) groups excluding carboxylic acids is 2. The first-order valence-corrected chi connectivity index (χ1v) is 6.56. The van der Waals surface area contributed by atoms with E-state index in [9.17, 15) is 9.59 Å². The zero-order valence-electron chi connectivity index (χ0n) is 11.2. The van der Waals surface area contributed by atoms with E-state index in [0.717, 1.165) is 4.90 Å². The Morgan fingerprint density at radius 1 is 1.32 bits per heavy atom. The highest BCUT2D eigenvalue weighted by molar-refractivity contribution is 6.31. The molecule has 1 saturated heterocycles. The molecule has 1 unspecified atom stereocenters. The molecule has 0 saturated carbocycles. The van der Waals surface area contributed by atoms with Crippen molar-refractivity contribution in [2.75, 3.05) is 4.90 Å². The maximum atomic E-state index is 12.2. The summed E-state index contributed by atoms with van der Waals surface area (Å²) in [4.78, 5) is 25.5. The van der Waals surface area contributed by atoms with Crippen molar-refractivity contribution >= 4 is 29.2 Å². The maximum absolute atomic E-state index is 12.2. The van der Waals surface area contributed by atoms with E-state index in [1.54, 1.807) is 24.3 Å². The van der Waals surface area contributed by atoms with Gasteiger partial charge < -0.3 is 5.32 Å². The van der Waals surface area contributed by atoms with E-state index in [1.807, 2.05) is 20.8 Å². The molecule has 1 aromatic carbocycles. The summed E-state index contributed by atoms with van der Waals surface area (Å²) < 4.78 is 0. The molecular weight excluding hydrogens is 264 g/mol. The second-order valence-electron chi connectivity index (χ2n) is 5.78. The molecule has 102 valence electrons. The summed E-state index contributed by atoms with van der Waals surface area (Å²) in [7, 11) is 0. The molecule has 3 amide bonds. The minimum absolute atomic E-state index is 0.147. The van der Waals surface area contributed by atoms with Gasteiger partial charge in [-0.1, -0.05) is 38.4 Å². The summed E-state index contributed by atoms with van der Waals surface area (Å²) in [5.41, 5.74) is 0.355. The number of halogens is 1. The first-order valence-electron chi connectivity index (χ1n) is 6.18. The van der Waals surface area contributed by atoms with Crippen LogP contribution in [0.3, 0.4) is 0 Å². The number of benzene rings is 1. The van der Waals surface area contributed by atoms with Crippen molar-refractivity contribution in [3.05, 3.63) is 29.3 Å². The highest BCUT2D eigenvalue weighted by Gasteiger charge is 2.38. The van der Waals surface area contributed by atoms with Gasteiger partial charge in [-0.05, 0) is 23.6 Å². The zero-order chi connectivity index (χ0) is 14.2. The lowest BCUT2D eigenvalue weighted by Crippen LogP contribution is -2.58. The third-order valence-corrected chi connectivity index (χ3v) is 3.48. The van der Waals surface area contributed by atoms with Crippen molar-refractivity contribution in [3.63, 3.8) is 0 Å². The van der Waals surface area contributed by atoms with Gasteiger partial charge in [0.1, 0.15) is 0 Å². The van der Waals surface area contributed by atoms with Crippen LogP contribution in [0.2, 0.25) is 5.02 Å². The number of amides is 3. The van der Waals surface area contributed by atoms with Crippen LogP contribution in [0.4, 0.5) is 10.5 Å². The molecular formula is C14H17ClN2O2. The number of anilines is 1. The van der Waals surface area contributed by atoms with Gasteiger partial charge in [-0.2, -0.15) is 0 Å². The normalized spacial score (nSPS) is 20.4. The largest absolute Gasteiger partial charge is 0.334 e. The summed E-state index contributed by atoms with van der Waals surface area (Å²) in [5.74, 6) is -0.203. The summed E-state index contributed by atoms with van der Waals surface area (Å²) in [6, 6.07) is 6.18. The summed E-state index contributed by atoms with van der Waals surface area (Å²) in [6.07, 6.45) is 0.293. The number of hydrogen-bond acceptors (Lipinski definition) is 2. The summed E-state index contributed by atoms with van der Waals surface area (Å²) in [5, 5.41) is 3.37. The fourth-order valence-electron chi connectivity index (χ4n) is 2.04. The minimum Gasteiger partial charge on any atom is -0.334 e. The molecule has 1 heterocycles. The SMILES string of the molecule is CC(C)(C)C1CC(=O)N(c2cccc(Cl)c2)C(=O)N1. The van der Waals surface area contributed by atoms with E-state index >= 15 is 0 Å². The number of nitrogens with zero attached hydrogens (tertiary/aromatic N) is 1. The average Bonchev–Trinajstić information content (AvgIpc) is 2.26. The van der Waals surface area contributed by atoms with Crippen LogP contribution in [0.1, 0.15) is 27.2 Å². The molecule has 1 N–H and O–H groups in total. The lowest BCUT2D eigenvalue weighted by molar-refractivity contribution is -0.119. The van der Waals surface area contributed by atoms with Crippen LogP contribution in [0, 0.1) is 5.41 Å². The summed E-state index contributed by atoms with van der Waals surface area (Å²) >= 11 is 5.89. The van der Waals surface area contributed by atoms with Crippen LogP contribution in [0.5, 0.6) is 0 Å². The lowest BCUT2D eigenvalue weighted by atomic mass is 9.83. The Morgan fingerprint density at radius 3 is 2.53 bits per heavy atom. The monoisotopic (exact) mass is 280 g/mol. The van der Waals surface area contributed by atoms with Crippen LogP contribution in [-0.2, 0) is 4.79 Å². The molecule has 1 fully saturated rings. The van der Waals surface area contributed by atoms with Crippen LogP contribution >= 0.6 is 11.6 Å². The standard InChI is InChI=1S/C14H17ClN2O2/c1-14(2,3)11-8-12(18)17(13(19)16-11)10-6-4-5-9(15)7-10/h4-7,11H,8H2,1-3H3,(H,16,19). The predicted molar refractivity (Wildman–Crippen MR) is 75.3 cm³/mol. The van der Waals surface area contributed by atoms with Crippen LogP contribution in [0.25, 0.3) is 0 Å². The Balaban J connectivity index is 2.26. The van der Waals surface area contributed by atoms with Crippen LogP contribution in [-0.4, -0.2) is 18.0 Å². The van der Waals surface area contributed by atoms with Crippen molar-refractivity contribution in [2.45, 2.75) is 33.2 Å². The molecule has 0 spiro atoms. The minimum atomic E-state index is -0.390. The van der Waals surface area contributed by atoms with Crippen molar-refractivity contribution in [1.82, 2.24) is 5.32 Å². The van der Waals surface area contributed by atoms with Crippen molar-refractivity contribution in [3.8, 4) is 0 Å². The molecule has 1 atom stereocenters. The highest BCUT2D eigenvalue weighted by Crippen LogP contribution is 2.28. The van der Waals surface area contributed by atoms with Gasteiger partial charge in [0.05, 0.1) is 5.69 Å². The Hall–Kier alpha value is -1.55. The number of nitrogens with one attached hydrogen (secondary N) is 1. The molecule has 0 bridgehead atoms. The molecule has 19 heavy (non-hydrogen) atoms. The molecule has 1 aliphatic rings. The van der Waals surface area contributed by atoms with Gasteiger partial charge in [0.2, 0.25) is 5.91 Å². The van der Waals surface area contributed by atoms with Crippen LogP contribution < -0.4 is 10.2 Å². The number of carbonyl (C=O) groups is 2. The Bertz CT molecular complexity index is 504. The lowest BCUT2D eigenvalue weighted by Gasteiger charge is -2.38. The van der Waals surface area contributed by atoms with Gasteiger partial charge in [0, 0.05) is 17.5 Å². The van der Waals surface area contributed by atoms with Gasteiger partial charge in [0.25, 0.3) is 0 Å². The number of rotatable bonds is 1. The Kier molecular flexibility index (Phi) is 3.54. The van der Waals surface area contributed by atoms with E-state index < -0.39 is 6.03 Å². The second-order valence-corrected chi connectivity index (χ2v) is 6.22. The molecule has 2 rings (SSSR count). The molecule has 0 aromatic heterocycles. The highest BCUT2D eigenvalue weighted by atomic mass is 35.5. The molecule has 4 nitrogen and oxygen atoms in total.